The van der Waals surface area contributed by atoms with E-state index in [1.807, 2.05) is 23.1 Å². The van der Waals surface area contributed by atoms with Gasteiger partial charge in [0.05, 0.1) is 0 Å². The average molecular weight is 344 g/mol. The smallest absolute Gasteiger partial charge is 0.322 e. The van der Waals surface area contributed by atoms with Crippen molar-refractivity contribution in [2.45, 2.75) is 25.3 Å². The summed E-state index contributed by atoms with van der Waals surface area (Å²) in [5.74, 6) is -0.368. The predicted octanol–water partition coefficient (Wildman–Crippen LogP) is 0.666. The Balaban J connectivity index is 1.69. The molecule has 1 unspecified atom stereocenters. The first-order valence-electron chi connectivity index (χ1n) is 8.74. The second-order valence-corrected chi connectivity index (χ2v) is 6.49. The molecule has 25 heavy (non-hydrogen) atoms. The number of amides is 4. The van der Waals surface area contributed by atoms with Gasteiger partial charge in [0.15, 0.2) is 0 Å². The standard InChI is InChI=1S/C18H24N4O3/c1-2-21-10-12-22(13-11-21)15(23)8-9-18(14-6-4-3-5-7-14)16(24)19-17(25)20-18/h3-7H,2,8-13H2,1H3,(H2,19,20,24,25). The zero-order chi connectivity index (χ0) is 17.9. The van der Waals surface area contributed by atoms with Gasteiger partial charge in [-0.2, -0.15) is 0 Å². The largest absolute Gasteiger partial charge is 0.340 e. The molecular weight excluding hydrogens is 320 g/mol. The molecule has 0 aliphatic carbocycles. The highest BCUT2D eigenvalue weighted by molar-refractivity contribution is 6.07. The minimum atomic E-state index is -1.17. The highest BCUT2D eigenvalue weighted by Gasteiger charge is 2.47. The average Bonchev–Trinajstić information content (AvgIpc) is 2.95. The van der Waals surface area contributed by atoms with Crippen LogP contribution in [0.15, 0.2) is 30.3 Å². The summed E-state index contributed by atoms with van der Waals surface area (Å²) in [7, 11) is 0. The molecule has 2 fully saturated rings. The third-order valence-corrected chi connectivity index (χ3v) is 5.09. The zero-order valence-corrected chi connectivity index (χ0v) is 14.5. The van der Waals surface area contributed by atoms with E-state index in [0.29, 0.717) is 18.7 Å². The van der Waals surface area contributed by atoms with Gasteiger partial charge in [-0.25, -0.2) is 4.79 Å². The molecule has 0 aromatic heterocycles. The molecular formula is C18H24N4O3. The summed E-state index contributed by atoms with van der Waals surface area (Å²) in [4.78, 5) is 40.9. The van der Waals surface area contributed by atoms with Gasteiger partial charge in [0.25, 0.3) is 5.91 Å². The van der Waals surface area contributed by atoms with Crippen LogP contribution in [-0.4, -0.2) is 60.4 Å². The van der Waals surface area contributed by atoms with E-state index in [2.05, 4.69) is 22.5 Å². The summed E-state index contributed by atoms with van der Waals surface area (Å²) >= 11 is 0. The van der Waals surface area contributed by atoms with Gasteiger partial charge in [0.1, 0.15) is 5.54 Å². The molecule has 2 aliphatic heterocycles. The molecule has 1 atom stereocenters. The van der Waals surface area contributed by atoms with Gasteiger partial charge in [0.2, 0.25) is 5.91 Å². The van der Waals surface area contributed by atoms with E-state index in [0.717, 1.165) is 19.6 Å². The molecule has 2 N–H and O–H groups in total. The molecule has 0 radical (unpaired) electrons. The van der Waals surface area contributed by atoms with Crippen LogP contribution in [0.3, 0.4) is 0 Å². The van der Waals surface area contributed by atoms with Gasteiger partial charge in [-0.15, -0.1) is 0 Å². The van der Waals surface area contributed by atoms with Crippen LogP contribution < -0.4 is 10.6 Å². The lowest BCUT2D eigenvalue weighted by Gasteiger charge is -2.35. The van der Waals surface area contributed by atoms with E-state index < -0.39 is 17.5 Å². The fourth-order valence-electron chi connectivity index (χ4n) is 3.50. The molecule has 2 heterocycles. The first-order chi connectivity index (χ1) is 12.0. The van der Waals surface area contributed by atoms with Gasteiger partial charge >= 0.3 is 6.03 Å². The Morgan fingerprint density at radius 2 is 1.80 bits per heavy atom. The maximum Gasteiger partial charge on any atom is 0.322 e. The highest BCUT2D eigenvalue weighted by atomic mass is 16.2. The number of carbonyl (C=O) groups excluding carboxylic acids is 3. The monoisotopic (exact) mass is 344 g/mol. The lowest BCUT2D eigenvalue weighted by atomic mass is 9.85. The Hall–Kier alpha value is -2.41. The summed E-state index contributed by atoms with van der Waals surface area (Å²) in [6.07, 6.45) is 0.468. The summed E-state index contributed by atoms with van der Waals surface area (Å²) < 4.78 is 0. The lowest BCUT2D eigenvalue weighted by molar-refractivity contribution is -0.133. The SMILES string of the molecule is CCN1CCN(C(=O)CCC2(c3ccccc3)NC(=O)NC2=O)CC1. The van der Waals surface area contributed by atoms with Crippen molar-refractivity contribution in [3.8, 4) is 0 Å². The third kappa shape index (κ3) is 3.51. The Bertz CT molecular complexity index is 656. The Labute approximate surface area is 147 Å². The summed E-state index contributed by atoms with van der Waals surface area (Å²) in [6.45, 7) is 6.29. The number of benzene rings is 1. The molecule has 1 aromatic carbocycles. The number of nitrogens with zero attached hydrogens (tertiary/aromatic N) is 2. The first kappa shape index (κ1) is 17.4. The molecule has 4 amide bonds. The molecule has 7 nitrogen and oxygen atoms in total. The quantitative estimate of drug-likeness (QED) is 0.769. The second kappa shape index (κ2) is 7.23. The van der Waals surface area contributed by atoms with Gasteiger partial charge in [-0.3, -0.25) is 14.9 Å². The summed E-state index contributed by atoms with van der Waals surface area (Å²) in [6, 6.07) is 8.58. The molecule has 1 aromatic rings. The summed E-state index contributed by atoms with van der Waals surface area (Å²) in [5.41, 5.74) is -0.471. The van der Waals surface area contributed by atoms with Gasteiger partial charge < -0.3 is 15.1 Å². The second-order valence-electron chi connectivity index (χ2n) is 6.49. The first-order valence-corrected chi connectivity index (χ1v) is 8.74. The van der Waals surface area contributed by atoms with Crippen molar-refractivity contribution in [3.05, 3.63) is 35.9 Å². The number of rotatable bonds is 5. The van der Waals surface area contributed by atoms with Crippen LogP contribution >= 0.6 is 0 Å². The third-order valence-electron chi connectivity index (χ3n) is 5.09. The van der Waals surface area contributed by atoms with E-state index >= 15 is 0 Å². The normalized spacial score (nSPS) is 24.1. The number of urea groups is 1. The number of piperazine rings is 1. The highest BCUT2D eigenvalue weighted by Crippen LogP contribution is 2.30. The van der Waals surface area contributed by atoms with Gasteiger partial charge in [0, 0.05) is 32.6 Å². The van der Waals surface area contributed by atoms with Crippen molar-refractivity contribution >= 4 is 17.8 Å². The van der Waals surface area contributed by atoms with E-state index in [9.17, 15) is 14.4 Å². The van der Waals surface area contributed by atoms with Crippen molar-refractivity contribution < 1.29 is 14.4 Å². The van der Waals surface area contributed by atoms with Crippen LogP contribution in [0.5, 0.6) is 0 Å². The predicted molar refractivity (Wildman–Crippen MR) is 92.7 cm³/mol. The minimum Gasteiger partial charge on any atom is -0.340 e. The molecule has 0 saturated carbocycles. The molecule has 2 aliphatic rings. The molecule has 0 spiro atoms. The van der Waals surface area contributed by atoms with Crippen LogP contribution in [0.1, 0.15) is 25.3 Å². The van der Waals surface area contributed by atoms with E-state index in [1.54, 1.807) is 12.1 Å². The van der Waals surface area contributed by atoms with Gasteiger partial charge in [-0.1, -0.05) is 37.3 Å². The van der Waals surface area contributed by atoms with Crippen LogP contribution in [0.4, 0.5) is 4.79 Å². The molecule has 7 heteroatoms. The maximum atomic E-state index is 12.6. The van der Waals surface area contributed by atoms with Crippen LogP contribution in [-0.2, 0) is 15.1 Å². The number of likely N-dealkylation sites (N-methyl/N-ethyl adjacent to an activating group) is 1. The molecule has 3 rings (SSSR count). The number of nitrogens with one attached hydrogen (secondary N) is 2. The fraction of sp³-hybridized carbons (Fsp3) is 0.500. The van der Waals surface area contributed by atoms with E-state index in [1.165, 1.54) is 0 Å². The van der Waals surface area contributed by atoms with Crippen molar-refractivity contribution in [3.63, 3.8) is 0 Å². The van der Waals surface area contributed by atoms with E-state index in [-0.39, 0.29) is 18.7 Å². The topological polar surface area (TPSA) is 81.8 Å². The number of imide groups is 1. The van der Waals surface area contributed by atoms with Crippen LogP contribution in [0.2, 0.25) is 0 Å². The van der Waals surface area contributed by atoms with Crippen molar-refractivity contribution in [2.75, 3.05) is 32.7 Å². The number of hydrogen-bond acceptors (Lipinski definition) is 4. The zero-order valence-electron chi connectivity index (χ0n) is 14.5. The molecule has 2 saturated heterocycles. The number of hydrogen-bond donors (Lipinski definition) is 2. The Kier molecular flexibility index (Phi) is 5.03. The summed E-state index contributed by atoms with van der Waals surface area (Å²) in [5, 5.41) is 5.03. The van der Waals surface area contributed by atoms with Crippen molar-refractivity contribution in [1.29, 1.82) is 0 Å². The minimum absolute atomic E-state index is 0.0278. The van der Waals surface area contributed by atoms with Crippen molar-refractivity contribution in [2.24, 2.45) is 0 Å². The van der Waals surface area contributed by atoms with E-state index in [4.69, 9.17) is 0 Å². The van der Waals surface area contributed by atoms with Crippen molar-refractivity contribution in [1.82, 2.24) is 20.4 Å². The Morgan fingerprint density at radius 1 is 1.12 bits per heavy atom. The lowest BCUT2D eigenvalue weighted by Crippen LogP contribution is -2.49. The number of carbonyl (C=O) groups is 3. The van der Waals surface area contributed by atoms with Crippen LogP contribution in [0, 0.1) is 0 Å². The molecule has 0 bridgehead atoms. The van der Waals surface area contributed by atoms with Crippen LogP contribution in [0.25, 0.3) is 0 Å². The maximum absolute atomic E-state index is 12.6. The van der Waals surface area contributed by atoms with Gasteiger partial charge in [-0.05, 0) is 18.5 Å². The Morgan fingerprint density at radius 3 is 2.36 bits per heavy atom. The molecule has 134 valence electrons. The fourth-order valence-corrected chi connectivity index (χ4v) is 3.50.